The maximum atomic E-state index is 13.4. The number of aliphatic hydroxyl groups is 1. The minimum atomic E-state index is -4.51. The molecule has 2 aliphatic heterocycles. The van der Waals surface area contributed by atoms with Gasteiger partial charge in [0.2, 0.25) is 5.60 Å². The van der Waals surface area contributed by atoms with E-state index in [1.807, 2.05) is 6.92 Å². The standard InChI is InChI=1S/C25H27F3NO3/c1-16-4-6-17(7-5-16)24(31,18-8-10-19(11-9-18)25(26,27)28)23(30)32-22-14-20-12-13-21(15-22)29(20,2)3/h4-13,20-22,31H,14-15H2,1-3H3/q+1/t20-,21?,22?,24?/m1/s1. The molecule has 0 aromatic heterocycles. The van der Waals surface area contributed by atoms with Crippen LogP contribution in [-0.4, -0.2) is 47.8 Å². The summed E-state index contributed by atoms with van der Waals surface area (Å²) >= 11 is 0. The third kappa shape index (κ3) is 3.84. The molecule has 32 heavy (non-hydrogen) atoms. The summed E-state index contributed by atoms with van der Waals surface area (Å²) in [6.07, 6.45) is 0.637. The fourth-order valence-corrected chi connectivity index (χ4v) is 4.71. The number of esters is 1. The second kappa shape index (κ2) is 7.74. The van der Waals surface area contributed by atoms with Gasteiger partial charge in [-0.1, -0.05) is 42.0 Å². The number of rotatable bonds is 4. The highest BCUT2D eigenvalue weighted by Gasteiger charge is 2.49. The number of fused-ring (bicyclic) bond motifs is 2. The molecule has 0 aliphatic carbocycles. The molecule has 1 N–H and O–H groups in total. The lowest BCUT2D eigenvalue weighted by Crippen LogP contribution is -2.57. The van der Waals surface area contributed by atoms with Crippen molar-refractivity contribution in [2.24, 2.45) is 0 Å². The predicted octanol–water partition coefficient (Wildman–Crippen LogP) is 4.34. The van der Waals surface area contributed by atoms with E-state index in [-0.39, 0.29) is 29.3 Å². The third-order valence-corrected chi connectivity index (χ3v) is 6.94. The molecule has 1 saturated heterocycles. The predicted molar refractivity (Wildman–Crippen MR) is 114 cm³/mol. The molecule has 0 saturated carbocycles. The number of carbonyl (C=O) groups excluding carboxylic acids is 1. The van der Waals surface area contributed by atoms with Gasteiger partial charge in [0.05, 0.1) is 19.7 Å². The SMILES string of the molecule is Cc1ccc(C(O)(C(=O)OC2CC3C=C[C@H](C2)[N+]3(C)C)c2ccc(C(F)(F)F)cc2)cc1. The van der Waals surface area contributed by atoms with E-state index < -0.39 is 23.3 Å². The van der Waals surface area contributed by atoms with E-state index >= 15 is 0 Å². The molecule has 0 spiro atoms. The highest BCUT2D eigenvalue weighted by Crippen LogP contribution is 2.39. The van der Waals surface area contributed by atoms with Crippen LogP contribution in [0.5, 0.6) is 0 Å². The summed E-state index contributed by atoms with van der Waals surface area (Å²) in [6, 6.07) is 11.1. The zero-order chi connectivity index (χ0) is 23.3. The monoisotopic (exact) mass is 446 g/mol. The Morgan fingerprint density at radius 1 is 0.906 bits per heavy atom. The molecule has 2 heterocycles. The Balaban J connectivity index is 1.65. The van der Waals surface area contributed by atoms with Crippen molar-refractivity contribution in [1.29, 1.82) is 0 Å². The number of hydrogen-bond acceptors (Lipinski definition) is 3. The number of halogens is 3. The minimum absolute atomic E-state index is 0.0346. The van der Waals surface area contributed by atoms with Crippen LogP contribution in [0.3, 0.4) is 0 Å². The maximum Gasteiger partial charge on any atom is 0.416 e. The van der Waals surface area contributed by atoms with Crippen molar-refractivity contribution < 1.29 is 32.3 Å². The summed E-state index contributed by atoms with van der Waals surface area (Å²) < 4.78 is 45.7. The van der Waals surface area contributed by atoms with Gasteiger partial charge in [0, 0.05) is 12.8 Å². The number of aryl methyl sites for hydroxylation is 1. The Kier molecular flexibility index (Phi) is 5.46. The molecule has 3 unspecified atom stereocenters. The van der Waals surface area contributed by atoms with E-state index in [0.29, 0.717) is 12.8 Å². The number of nitrogens with zero attached hydrogens (tertiary/aromatic N) is 1. The molecule has 0 amide bonds. The molecule has 170 valence electrons. The van der Waals surface area contributed by atoms with Gasteiger partial charge in [0.1, 0.15) is 18.2 Å². The number of likely N-dealkylation sites (N-methyl/N-ethyl adjacent to an activating group) is 1. The summed E-state index contributed by atoms with van der Waals surface area (Å²) in [5.74, 6) is -0.877. The second-order valence-electron chi connectivity index (χ2n) is 9.30. The lowest BCUT2D eigenvalue weighted by Gasteiger charge is -2.44. The second-order valence-corrected chi connectivity index (χ2v) is 9.30. The van der Waals surface area contributed by atoms with Crippen LogP contribution in [0.4, 0.5) is 13.2 Å². The molecule has 2 bridgehead atoms. The largest absolute Gasteiger partial charge is 0.459 e. The van der Waals surface area contributed by atoms with Crippen molar-refractivity contribution in [3.63, 3.8) is 0 Å². The maximum absolute atomic E-state index is 13.4. The van der Waals surface area contributed by atoms with E-state index in [1.54, 1.807) is 24.3 Å². The molecule has 4 rings (SSSR count). The van der Waals surface area contributed by atoms with E-state index in [2.05, 4.69) is 26.2 Å². The van der Waals surface area contributed by atoms with Crippen molar-refractivity contribution in [3.8, 4) is 0 Å². The van der Waals surface area contributed by atoms with Gasteiger partial charge < -0.3 is 14.3 Å². The molecule has 7 heteroatoms. The molecular weight excluding hydrogens is 419 g/mol. The topological polar surface area (TPSA) is 46.5 Å². The number of ether oxygens (including phenoxy) is 1. The third-order valence-electron chi connectivity index (χ3n) is 6.94. The highest BCUT2D eigenvalue weighted by atomic mass is 19.4. The number of alkyl halides is 3. The van der Waals surface area contributed by atoms with Crippen molar-refractivity contribution >= 4 is 5.97 Å². The van der Waals surface area contributed by atoms with Crippen LogP contribution in [0.1, 0.15) is 35.1 Å². The van der Waals surface area contributed by atoms with E-state index in [0.717, 1.165) is 34.3 Å². The zero-order valence-electron chi connectivity index (χ0n) is 18.3. The van der Waals surface area contributed by atoms with Gasteiger partial charge in [-0.2, -0.15) is 13.2 Å². The van der Waals surface area contributed by atoms with Crippen molar-refractivity contribution in [2.75, 3.05) is 14.1 Å². The Morgan fingerprint density at radius 3 is 1.81 bits per heavy atom. The summed E-state index contributed by atoms with van der Waals surface area (Å²) in [4.78, 5) is 13.4. The molecule has 4 atom stereocenters. The first-order chi connectivity index (χ1) is 14.9. The number of carbonyl (C=O) groups is 1. The first-order valence-corrected chi connectivity index (χ1v) is 10.6. The summed E-state index contributed by atoms with van der Waals surface area (Å²) in [7, 11) is 4.27. The molecule has 4 nitrogen and oxygen atoms in total. The first kappa shape index (κ1) is 22.6. The van der Waals surface area contributed by atoms with Gasteiger partial charge in [0.25, 0.3) is 0 Å². The zero-order valence-corrected chi connectivity index (χ0v) is 18.3. The van der Waals surface area contributed by atoms with Gasteiger partial charge in [-0.05, 0) is 42.3 Å². The number of piperidine rings is 1. The van der Waals surface area contributed by atoms with Crippen LogP contribution in [0.2, 0.25) is 0 Å². The molecule has 2 aromatic carbocycles. The summed E-state index contributed by atoms with van der Waals surface area (Å²) in [5, 5.41) is 11.6. The van der Waals surface area contributed by atoms with Crippen LogP contribution in [0.25, 0.3) is 0 Å². The fraction of sp³-hybridized carbons (Fsp3) is 0.400. The average molecular weight is 446 g/mol. The Hall–Kier alpha value is -2.64. The van der Waals surface area contributed by atoms with Gasteiger partial charge >= 0.3 is 12.1 Å². The number of hydrogen-bond donors (Lipinski definition) is 1. The van der Waals surface area contributed by atoms with Crippen molar-refractivity contribution in [1.82, 2.24) is 0 Å². The van der Waals surface area contributed by atoms with Crippen LogP contribution >= 0.6 is 0 Å². The van der Waals surface area contributed by atoms with Crippen LogP contribution < -0.4 is 0 Å². The van der Waals surface area contributed by atoms with E-state index in [4.69, 9.17) is 4.74 Å². The normalized spacial score (nSPS) is 25.9. The quantitative estimate of drug-likeness (QED) is 0.432. The molecular formula is C25H27F3NO3+. The van der Waals surface area contributed by atoms with Gasteiger partial charge in [-0.3, -0.25) is 0 Å². The Labute approximate surface area is 185 Å². The van der Waals surface area contributed by atoms with Crippen molar-refractivity contribution in [3.05, 3.63) is 82.9 Å². The summed E-state index contributed by atoms with van der Waals surface area (Å²) in [6.45, 7) is 1.87. The van der Waals surface area contributed by atoms with Gasteiger partial charge in [0.15, 0.2) is 0 Å². The average Bonchev–Trinajstić information content (AvgIpc) is 2.90. The fourth-order valence-electron chi connectivity index (χ4n) is 4.71. The lowest BCUT2D eigenvalue weighted by molar-refractivity contribution is -0.926. The van der Waals surface area contributed by atoms with Gasteiger partial charge in [-0.15, -0.1) is 0 Å². The number of quaternary nitrogens is 1. The van der Waals surface area contributed by atoms with Crippen LogP contribution in [0, 0.1) is 6.92 Å². The molecule has 2 aliphatic rings. The highest BCUT2D eigenvalue weighted by molar-refractivity contribution is 5.85. The lowest BCUT2D eigenvalue weighted by atomic mass is 9.85. The molecule has 2 aromatic rings. The van der Waals surface area contributed by atoms with Gasteiger partial charge in [-0.25, -0.2) is 4.79 Å². The minimum Gasteiger partial charge on any atom is -0.459 e. The Bertz CT molecular complexity index is 1010. The smallest absolute Gasteiger partial charge is 0.416 e. The number of benzene rings is 2. The summed E-state index contributed by atoms with van der Waals surface area (Å²) in [5.41, 5.74) is -1.86. The van der Waals surface area contributed by atoms with Crippen molar-refractivity contribution in [2.45, 2.75) is 49.7 Å². The van der Waals surface area contributed by atoms with Crippen LogP contribution in [-0.2, 0) is 21.3 Å². The van der Waals surface area contributed by atoms with E-state index in [1.165, 1.54) is 0 Å². The molecule has 0 radical (unpaired) electrons. The first-order valence-electron chi connectivity index (χ1n) is 10.6. The van der Waals surface area contributed by atoms with Crippen LogP contribution in [0.15, 0.2) is 60.7 Å². The van der Waals surface area contributed by atoms with E-state index in [9.17, 15) is 23.1 Å². The molecule has 1 fully saturated rings. The Morgan fingerprint density at radius 2 is 1.34 bits per heavy atom.